The van der Waals surface area contributed by atoms with Crippen molar-refractivity contribution in [3.8, 4) is 17.3 Å². The number of hydrogen-bond donors (Lipinski definition) is 1. The van der Waals surface area contributed by atoms with E-state index in [4.69, 9.17) is 10.00 Å². The molecule has 2 aromatic rings. The van der Waals surface area contributed by atoms with Crippen molar-refractivity contribution < 1.29 is 13.9 Å². The zero-order chi connectivity index (χ0) is 20.2. The van der Waals surface area contributed by atoms with E-state index in [1.807, 2.05) is 12.1 Å². The maximum atomic E-state index is 14.7. The van der Waals surface area contributed by atoms with Crippen LogP contribution < -0.4 is 10.2 Å². The van der Waals surface area contributed by atoms with Crippen LogP contribution in [0.3, 0.4) is 0 Å². The third kappa shape index (κ3) is 4.30. The zero-order valence-corrected chi connectivity index (χ0v) is 16.0. The summed E-state index contributed by atoms with van der Waals surface area (Å²) < 4.78 is 20.1. The Kier molecular flexibility index (Phi) is 5.58. The second-order valence-electron chi connectivity index (χ2n) is 7.20. The number of carbonyl (C=O) groups excluding carboxylic acids is 1. The number of carbonyl (C=O) groups is 1. The maximum Gasteiger partial charge on any atom is 0.254 e. The van der Waals surface area contributed by atoms with E-state index in [-0.39, 0.29) is 11.6 Å². The number of anilines is 1. The summed E-state index contributed by atoms with van der Waals surface area (Å²) in [4.78, 5) is 20.6. The lowest BCUT2D eigenvalue weighted by Gasteiger charge is -2.28. The van der Waals surface area contributed by atoms with Crippen LogP contribution in [-0.2, 0) is 4.74 Å². The molecule has 1 atom stereocenters. The molecule has 29 heavy (non-hydrogen) atoms. The van der Waals surface area contributed by atoms with E-state index in [1.54, 1.807) is 17.2 Å². The second-order valence-corrected chi connectivity index (χ2v) is 7.20. The number of pyridine rings is 1. The Morgan fingerprint density at radius 3 is 2.72 bits per heavy atom. The van der Waals surface area contributed by atoms with Gasteiger partial charge < -0.3 is 19.9 Å². The molecule has 1 aromatic carbocycles. The van der Waals surface area contributed by atoms with Gasteiger partial charge in [-0.3, -0.25) is 4.79 Å². The lowest BCUT2D eigenvalue weighted by Crippen LogP contribution is -2.36. The van der Waals surface area contributed by atoms with Crippen LogP contribution in [0.1, 0.15) is 16.8 Å². The number of amides is 1. The Labute approximate surface area is 168 Å². The van der Waals surface area contributed by atoms with Crippen LogP contribution in [-0.4, -0.2) is 61.2 Å². The van der Waals surface area contributed by atoms with E-state index in [0.29, 0.717) is 38.3 Å². The van der Waals surface area contributed by atoms with Crippen LogP contribution in [0.4, 0.5) is 10.2 Å². The second kappa shape index (κ2) is 8.45. The van der Waals surface area contributed by atoms with Crippen molar-refractivity contribution in [2.75, 3.05) is 44.3 Å². The van der Waals surface area contributed by atoms with Gasteiger partial charge in [0.25, 0.3) is 5.91 Å². The number of benzene rings is 1. The maximum absolute atomic E-state index is 14.7. The van der Waals surface area contributed by atoms with Crippen molar-refractivity contribution in [3.05, 3.63) is 47.9 Å². The summed E-state index contributed by atoms with van der Waals surface area (Å²) in [6.45, 7) is 3.94. The van der Waals surface area contributed by atoms with Crippen molar-refractivity contribution in [3.63, 3.8) is 0 Å². The molecular formula is C21H22FN5O2. The standard InChI is InChI=1S/C21H22FN5O2/c22-19-11-15(16-3-5-24-20(12-16)27-7-9-29-10-8-27)1-2-18(19)21(28)25-17-4-6-26(13-17)14-23/h1-3,5,11-12,17H,4,6-10,13H2,(H,25,28)/t17-/m1/s1. The molecule has 2 saturated heterocycles. The fraction of sp³-hybridized carbons (Fsp3) is 0.381. The van der Waals surface area contributed by atoms with Gasteiger partial charge in [0.2, 0.25) is 0 Å². The molecule has 0 spiro atoms. The van der Waals surface area contributed by atoms with E-state index in [1.165, 1.54) is 12.1 Å². The lowest BCUT2D eigenvalue weighted by atomic mass is 10.0. The number of likely N-dealkylation sites (tertiary alicyclic amines) is 1. The zero-order valence-electron chi connectivity index (χ0n) is 16.0. The summed E-state index contributed by atoms with van der Waals surface area (Å²) in [5, 5.41) is 11.7. The van der Waals surface area contributed by atoms with Crippen LogP contribution in [0.2, 0.25) is 0 Å². The highest BCUT2D eigenvalue weighted by Crippen LogP contribution is 2.25. The molecule has 2 fully saturated rings. The van der Waals surface area contributed by atoms with E-state index >= 15 is 0 Å². The topological polar surface area (TPSA) is 81.5 Å². The van der Waals surface area contributed by atoms with Crippen molar-refractivity contribution in [2.45, 2.75) is 12.5 Å². The van der Waals surface area contributed by atoms with Crippen LogP contribution in [0.5, 0.6) is 0 Å². The van der Waals surface area contributed by atoms with Gasteiger partial charge in [-0.1, -0.05) is 6.07 Å². The molecule has 1 amide bonds. The highest BCUT2D eigenvalue weighted by atomic mass is 19.1. The number of nitrogens with one attached hydrogen (secondary N) is 1. The van der Waals surface area contributed by atoms with Crippen molar-refractivity contribution in [2.24, 2.45) is 0 Å². The van der Waals surface area contributed by atoms with E-state index in [2.05, 4.69) is 21.4 Å². The monoisotopic (exact) mass is 395 g/mol. The summed E-state index contributed by atoms with van der Waals surface area (Å²) in [5.74, 6) is -0.196. The predicted octanol–water partition coefficient (Wildman–Crippen LogP) is 2.01. The predicted molar refractivity (Wildman–Crippen MR) is 106 cm³/mol. The molecule has 3 heterocycles. The molecule has 2 aliphatic rings. The quantitative estimate of drug-likeness (QED) is 0.798. The van der Waals surface area contributed by atoms with Crippen molar-refractivity contribution >= 4 is 11.7 Å². The first kappa shape index (κ1) is 19.2. The fourth-order valence-corrected chi connectivity index (χ4v) is 3.67. The molecule has 4 rings (SSSR count). The van der Waals surface area contributed by atoms with Gasteiger partial charge in [0.1, 0.15) is 11.6 Å². The Morgan fingerprint density at radius 1 is 1.21 bits per heavy atom. The van der Waals surface area contributed by atoms with Crippen LogP contribution in [0, 0.1) is 17.3 Å². The summed E-state index contributed by atoms with van der Waals surface area (Å²) in [6.07, 6.45) is 4.45. The number of nitrogens with zero attached hydrogens (tertiary/aromatic N) is 4. The number of ether oxygens (including phenoxy) is 1. The van der Waals surface area contributed by atoms with Gasteiger partial charge in [0.15, 0.2) is 6.19 Å². The minimum Gasteiger partial charge on any atom is -0.378 e. The Morgan fingerprint density at radius 2 is 2.00 bits per heavy atom. The summed E-state index contributed by atoms with van der Waals surface area (Å²) in [6, 6.07) is 8.24. The fourth-order valence-electron chi connectivity index (χ4n) is 3.67. The number of aromatic nitrogens is 1. The number of morpholine rings is 1. The molecule has 1 aromatic heterocycles. The third-order valence-corrected chi connectivity index (χ3v) is 5.29. The lowest BCUT2D eigenvalue weighted by molar-refractivity contribution is 0.0934. The Hall–Kier alpha value is -3.18. The first-order valence-corrected chi connectivity index (χ1v) is 9.68. The highest BCUT2D eigenvalue weighted by Gasteiger charge is 2.24. The van der Waals surface area contributed by atoms with Gasteiger partial charge in [-0.05, 0) is 41.8 Å². The minimum absolute atomic E-state index is 0.00613. The van der Waals surface area contributed by atoms with Crippen LogP contribution in [0.15, 0.2) is 36.5 Å². The molecule has 7 nitrogen and oxygen atoms in total. The largest absolute Gasteiger partial charge is 0.378 e. The smallest absolute Gasteiger partial charge is 0.254 e. The first-order valence-electron chi connectivity index (χ1n) is 9.68. The SMILES string of the molecule is N#CN1CC[C@@H](NC(=O)c2ccc(-c3ccnc(N4CCOCC4)c3)cc2F)C1. The van der Waals surface area contributed by atoms with Crippen LogP contribution in [0.25, 0.3) is 11.1 Å². The highest BCUT2D eigenvalue weighted by molar-refractivity contribution is 5.95. The van der Waals surface area contributed by atoms with Gasteiger partial charge in [-0.25, -0.2) is 9.37 Å². The molecule has 150 valence electrons. The molecule has 2 aliphatic heterocycles. The van der Waals surface area contributed by atoms with Gasteiger partial charge in [-0.2, -0.15) is 5.26 Å². The normalized spacial score (nSPS) is 19.1. The molecule has 0 saturated carbocycles. The summed E-state index contributed by atoms with van der Waals surface area (Å²) in [5.41, 5.74) is 1.53. The average Bonchev–Trinajstić information content (AvgIpc) is 3.22. The molecule has 0 unspecified atom stereocenters. The van der Waals surface area contributed by atoms with Crippen molar-refractivity contribution in [1.29, 1.82) is 5.26 Å². The molecule has 8 heteroatoms. The van der Waals surface area contributed by atoms with Crippen molar-refractivity contribution in [1.82, 2.24) is 15.2 Å². The summed E-state index contributed by atoms with van der Waals surface area (Å²) in [7, 11) is 0. The van der Waals surface area contributed by atoms with Gasteiger partial charge in [-0.15, -0.1) is 0 Å². The average molecular weight is 395 g/mol. The molecule has 0 aliphatic carbocycles. The van der Waals surface area contributed by atoms with Crippen LogP contribution >= 0.6 is 0 Å². The van der Waals surface area contributed by atoms with E-state index < -0.39 is 11.7 Å². The van der Waals surface area contributed by atoms with Gasteiger partial charge in [0, 0.05) is 38.4 Å². The first-order chi connectivity index (χ1) is 14.1. The molecule has 0 radical (unpaired) electrons. The summed E-state index contributed by atoms with van der Waals surface area (Å²) >= 11 is 0. The van der Waals surface area contributed by atoms with Gasteiger partial charge >= 0.3 is 0 Å². The molecular weight excluding hydrogens is 373 g/mol. The number of hydrogen-bond acceptors (Lipinski definition) is 6. The van der Waals surface area contributed by atoms with Gasteiger partial charge in [0.05, 0.1) is 18.8 Å². The third-order valence-electron chi connectivity index (χ3n) is 5.29. The molecule has 1 N–H and O–H groups in total. The number of nitriles is 1. The number of rotatable bonds is 4. The molecule has 0 bridgehead atoms. The Balaban J connectivity index is 1.48. The van der Waals surface area contributed by atoms with E-state index in [0.717, 1.165) is 24.5 Å². The minimum atomic E-state index is -0.570. The number of halogens is 1. The van der Waals surface area contributed by atoms with E-state index in [9.17, 15) is 9.18 Å². The Bertz CT molecular complexity index is 939.